The fraction of sp³-hybridized carbons (Fsp3) is 0.278. The van der Waals surface area contributed by atoms with Crippen molar-refractivity contribution < 1.29 is 14.8 Å². The van der Waals surface area contributed by atoms with E-state index in [0.717, 1.165) is 31.9 Å². The molecule has 1 aliphatic heterocycles. The minimum atomic E-state index is -0.0332. The van der Waals surface area contributed by atoms with Gasteiger partial charge in [0.25, 0.3) is 5.91 Å². The number of piperazine rings is 1. The Bertz CT molecular complexity index is 715. The quantitative estimate of drug-likeness (QED) is 0.784. The molecule has 1 heterocycles. The molecule has 1 amide bonds. The van der Waals surface area contributed by atoms with Crippen molar-refractivity contribution in [3.05, 3.63) is 53.6 Å². The van der Waals surface area contributed by atoms with E-state index in [9.17, 15) is 9.90 Å². The number of aromatic hydroxyl groups is 1. The van der Waals surface area contributed by atoms with Crippen LogP contribution < -0.4 is 15.1 Å². The van der Waals surface area contributed by atoms with Crippen LogP contribution in [0.2, 0.25) is 5.02 Å². The van der Waals surface area contributed by atoms with E-state index in [-0.39, 0.29) is 5.91 Å². The average Bonchev–Trinajstić information content (AvgIpc) is 2.58. The maximum atomic E-state index is 12.2. The highest BCUT2D eigenvalue weighted by atomic mass is 35.5. The average molecular weight is 347 g/mol. The Labute approximate surface area is 146 Å². The summed E-state index contributed by atoms with van der Waals surface area (Å²) in [4.78, 5) is 15.6. The second kappa shape index (κ2) is 7.55. The number of hydrogen-bond donors (Lipinski definition) is 3. The Balaban J connectivity index is 1.51. The first-order chi connectivity index (χ1) is 11.6. The third-order valence-electron chi connectivity index (χ3n) is 4.25. The molecule has 3 rings (SSSR count). The Hall–Kier alpha value is -2.24. The van der Waals surface area contributed by atoms with Crippen molar-refractivity contribution in [1.29, 1.82) is 0 Å². The van der Waals surface area contributed by atoms with Gasteiger partial charge in [0.05, 0.1) is 42.6 Å². The molecule has 1 aliphatic rings. The molecule has 3 N–H and O–H groups in total. The lowest BCUT2D eigenvalue weighted by atomic mass is 10.2. The van der Waals surface area contributed by atoms with Crippen LogP contribution in [0.25, 0.3) is 0 Å². The van der Waals surface area contributed by atoms with Gasteiger partial charge in [-0.05, 0) is 24.3 Å². The number of carbonyl (C=O) groups excluding carboxylic acids is 1. The standard InChI is InChI=1S/C18H20ClN3O2/c19-14-5-1-2-6-15(14)20-18(24)13-21-9-11-22(12-10-21)16-7-3-4-8-17(16)23/h1-8,23H,9-13H2,(H,20,24)/p+1. The molecule has 2 aromatic rings. The predicted molar refractivity (Wildman–Crippen MR) is 96.0 cm³/mol. The van der Waals surface area contributed by atoms with Crippen LogP contribution in [0.1, 0.15) is 0 Å². The summed E-state index contributed by atoms with van der Waals surface area (Å²) >= 11 is 6.06. The molecule has 0 atom stereocenters. The molecular weight excluding hydrogens is 326 g/mol. The van der Waals surface area contributed by atoms with Crippen LogP contribution in [0.4, 0.5) is 11.4 Å². The Morgan fingerprint density at radius 3 is 2.50 bits per heavy atom. The summed E-state index contributed by atoms with van der Waals surface area (Å²) in [7, 11) is 0. The van der Waals surface area contributed by atoms with Crippen molar-refractivity contribution >= 4 is 28.9 Å². The number of rotatable bonds is 4. The lowest BCUT2D eigenvalue weighted by molar-refractivity contribution is -0.892. The van der Waals surface area contributed by atoms with Crippen LogP contribution in [-0.4, -0.2) is 43.7 Å². The van der Waals surface area contributed by atoms with Crippen molar-refractivity contribution in [2.75, 3.05) is 42.9 Å². The molecule has 2 aromatic carbocycles. The van der Waals surface area contributed by atoms with Gasteiger partial charge in [-0.1, -0.05) is 35.9 Å². The second-order valence-corrected chi connectivity index (χ2v) is 6.34. The van der Waals surface area contributed by atoms with Gasteiger partial charge in [-0.15, -0.1) is 0 Å². The summed E-state index contributed by atoms with van der Waals surface area (Å²) in [5.74, 6) is 0.270. The number of nitrogens with one attached hydrogen (secondary N) is 2. The maximum Gasteiger partial charge on any atom is 0.279 e. The zero-order valence-electron chi connectivity index (χ0n) is 13.3. The van der Waals surface area contributed by atoms with Gasteiger partial charge >= 0.3 is 0 Å². The number of phenolic OH excluding ortho intramolecular Hbond substituents is 1. The molecule has 6 heteroatoms. The number of carbonyl (C=O) groups is 1. The molecule has 0 aromatic heterocycles. The molecule has 0 radical (unpaired) electrons. The van der Waals surface area contributed by atoms with Gasteiger partial charge in [-0.3, -0.25) is 4.79 Å². The van der Waals surface area contributed by atoms with Gasteiger partial charge in [-0.2, -0.15) is 0 Å². The molecule has 1 saturated heterocycles. The van der Waals surface area contributed by atoms with Gasteiger partial charge in [-0.25, -0.2) is 0 Å². The van der Waals surface area contributed by atoms with Crippen molar-refractivity contribution in [2.24, 2.45) is 0 Å². The largest absolute Gasteiger partial charge is 0.506 e. The monoisotopic (exact) mass is 346 g/mol. The van der Waals surface area contributed by atoms with Gasteiger partial charge < -0.3 is 20.2 Å². The molecule has 126 valence electrons. The van der Waals surface area contributed by atoms with Gasteiger partial charge in [0, 0.05) is 0 Å². The number of hydrogen-bond acceptors (Lipinski definition) is 3. The molecule has 0 spiro atoms. The molecule has 24 heavy (non-hydrogen) atoms. The second-order valence-electron chi connectivity index (χ2n) is 5.93. The molecule has 0 aliphatic carbocycles. The van der Waals surface area contributed by atoms with E-state index in [1.165, 1.54) is 4.90 Å². The fourth-order valence-electron chi connectivity index (χ4n) is 2.96. The first kappa shape index (κ1) is 16.6. The maximum absolute atomic E-state index is 12.2. The van der Waals surface area contributed by atoms with Crippen LogP contribution >= 0.6 is 11.6 Å². The molecule has 0 bridgehead atoms. The highest BCUT2D eigenvalue weighted by Gasteiger charge is 2.23. The minimum Gasteiger partial charge on any atom is -0.506 e. The number of benzene rings is 2. The van der Waals surface area contributed by atoms with E-state index in [0.29, 0.717) is 23.0 Å². The molecule has 5 nitrogen and oxygen atoms in total. The number of phenols is 1. The number of amides is 1. The molecule has 0 unspecified atom stereocenters. The predicted octanol–water partition coefficient (Wildman–Crippen LogP) is 1.39. The van der Waals surface area contributed by atoms with E-state index < -0.39 is 0 Å². The van der Waals surface area contributed by atoms with E-state index in [2.05, 4.69) is 10.2 Å². The van der Waals surface area contributed by atoms with Crippen LogP contribution in [0, 0.1) is 0 Å². The van der Waals surface area contributed by atoms with Crippen LogP contribution in [0.5, 0.6) is 5.75 Å². The molecule has 1 fully saturated rings. The highest BCUT2D eigenvalue weighted by Crippen LogP contribution is 2.26. The summed E-state index contributed by atoms with van der Waals surface area (Å²) in [6.45, 7) is 3.74. The Kier molecular flexibility index (Phi) is 5.23. The van der Waals surface area contributed by atoms with Gasteiger partial charge in [0.1, 0.15) is 5.75 Å². The summed E-state index contributed by atoms with van der Waals surface area (Å²) in [5.41, 5.74) is 1.51. The number of nitrogens with zero attached hydrogens (tertiary/aromatic N) is 1. The van der Waals surface area contributed by atoms with Crippen molar-refractivity contribution in [3.8, 4) is 5.75 Å². The highest BCUT2D eigenvalue weighted by molar-refractivity contribution is 6.33. The third kappa shape index (κ3) is 3.99. The Morgan fingerprint density at radius 1 is 1.12 bits per heavy atom. The SMILES string of the molecule is O=C(C[NH+]1CCN(c2ccccc2O)CC1)Nc1ccccc1Cl. The first-order valence-corrected chi connectivity index (χ1v) is 8.42. The normalized spacial score (nSPS) is 15.3. The van der Waals surface area contributed by atoms with Gasteiger partial charge in [0.2, 0.25) is 0 Å². The van der Waals surface area contributed by atoms with Crippen LogP contribution in [-0.2, 0) is 4.79 Å². The number of anilines is 2. The molecular formula is C18H21ClN3O2+. The Morgan fingerprint density at radius 2 is 1.79 bits per heavy atom. The summed E-state index contributed by atoms with van der Waals surface area (Å²) in [6, 6.07) is 14.6. The van der Waals surface area contributed by atoms with Gasteiger partial charge in [0.15, 0.2) is 6.54 Å². The smallest absolute Gasteiger partial charge is 0.279 e. The molecule has 0 saturated carbocycles. The van der Waals surface area contributed by atoms with Crippen molar-refractivity contribution in [1.82, 2.24) is 0 Å². The topological polar surface area (TPSA) is 57.0 Å². The fourth-order valence-corrected chi connectivity index (χ4v) is 3.14. The zero-order valence-corrected chi connectivity index (χ0v) is 14.1. The number of quaternary nitrogens is 1. The lowest BCUT2D eigenvalue weighted by Crippen LogP contribution is -3.15. The zero-order chi connectivity index (χ0) is 16.9. The lowest BCUT2D eigenvalue weighted by Gasteiger charge is -2.33. The summed E-state index contributed by atoms with van der Waals surface area (Å²) < 4.78 is 0. The van der Waals surface area contributed by atoms with E-state index >= 15 is 0 Å². The van der Waals surface area contributed by atoms with E-state index in [4.69, 9.17) is 11.6 Å². The van der Waals surface area contributed by atoms with E-state index in [1.54, 1.807) is 18.2 Å². The summed E-state index contributed by atoms with van der Waals surface area (Å²) in [6.07, 6.45) is 0. The van der Waals surface area contributed by atoms with Crippen LogP contribution in [0.3, 0.4) is 0 Å². The summed E-state index contributed by atoms with van der Waals surface area (Å²) in [5, 5.41) is 13.3. The first-order valence-electron chi connectivity index (χ1n) is 8.04. The van der Waals surface area contributed by atoms with Crippen molar-refractivity contribution in [3.63, 3.8) is 0 Å². The minimum absolute atomic E-state index is 0.0332. The van der Waals surface area contributed by atoms with E-state index in [1.807, 2.05) is 30.3 Å². The number of halogens is 1. The van der Waals surface area contributed by atoms with Crippen molar-refractivity contribution in [2.45, 2.75) is 0 Å². The third-order valence-corrected chi connectivity index (χ3v) is 4.58. The number of para-hydroxylation sites is 3. The van der Waals surface area contributed by atoms with Crippen LogP contribution in [0.15, 0.2) is 48.5 Å².